The zero-order chi connectivity index (χ0) is 28.9. The number of hydrogen-bond donors (Lipinski definition) is 2. The molecule has 40 heavy (non-hydrogen) atoms. The number of amides is 1. The first-order valence-electron chi connectivity index (χ1n) is 12.6. The van der Waals surface area contributed by atoms with Crippen molar-refractivity contribution in [1.29, 1.82) is 0 Å². The maximum absolute atomic E-state index is 13.8. The molecule has 3 aromatic rings. The number of halogens is 3. The molecule has 0 saturated carbocycles. The number of piperazine rings is 1. The van der Waals surface area contributed by atoms with Crippen molar-refractivity contribution in [3.63, 3.8) is 0 Å². The highest BCUT2D eigenvalue weighted by molar-refractivity contribution is 5.99. The lowest BCUT2D eigenvalue weighted by atomic mass is 10.1. The van der Waals surface area contributed by atoms with E-state index in [-0.39, 0.29) is 12.2 Å². The fourth-order valence-corrected chi connectivity index (χ4v) is 4.40. The minimum Gasteiger partial charge on any atom is -0.496 e. The highest BCUT2D eigenvalue weighted by Gasteiger charge is 2.35. The quantitative estimate of drug-likeness (QED) is 0.334. The maximum Gasteiger partial charge on any atom is 0.421 e. The fourth-order valence-electron chi connectivity index (χ4n) is 4.40. The molecule has 8 nitrogen and oxygen atoms in total. The Balaban J connectivity index is 1.57. The number of ether oxygens (including phenoxy) is 1. The van der Waals surface area contributed by atoms with Gasteiger partial charge in [0.25, 0.3) is 0 Å². The van der Waals surface area contributed by atoms with Gasteiger partial charge in [-0.2, -0.15) is 13.2 Å². The Morgan fingerprint density at radius 2 is 1.85 bits per heavy atom. The highest BCUT2D eigenvalue weighted by Crippen LogP contribution is 2.35. The maximum atomic E-state index is 13.8. The van der Waals surface area contributed by atoms with Crippen molar-refractivity contribution in [2.45, 2.75) is 19.5 Å². The smallest absolute Gasteiger partial charge is 0.421 e. The first kappa shape index (κ1) is 28.5. The van der Waals surface area contributed by atoms with Gasteiger partial charge in [-0.25, -0.2) is 9.97 Å². The molecule has 2 aromatic carbocycles. The number of methoxy groups -OCH3 is 1. The van der Waals surface area contributed by atoms with Crippen molar-refractivity contribution < 1.29 is 22.7 Å². The van der Waals surface area contributed by atoms with Crippen molar-refractivity contribution in [3.05, 3.63) is 90.5 Å². The summed E-state index contributed by atoms with van der Waals surface area (Å²) in [4.78, 5) is 24.3. The van der Waals surface area contributed by atoms with Gasteiger partial charge in [0, 0.05) is 73.2 Å². The summed E-state index contributed by atoms with van der Waals surface area (Å²) in [6.07, 6.45) is -2.64. The Labute approximate surface area is 231 Å². The third kappa shape index (κ3) is 6.90. The Morgan fingerprint density at radius 1 is 1.12 bits per heavy atom. The molecule has 1 aromatic heterocycles. The van der Waals surface area contributed by atoms with Gasteiger partial charge in [-0.1, -0.05) is 25.3 Å². The molecule has 4 rings (SSSR count). The van der Waals surface area contributed by atoms with Gasteiger partial charge in [0.1, 0.15) is 23.0 Å². The summed E-state index contributed by atoms with van der Waals surface area (Å²) in [5.74, 6) is -0.0431. The molecule has 0 bridgehead atoms. The molecule has 1 amide bonds. The van der Waals surface area contributed by atoms with Crippen molar-refractivity contribution in [1.82, 2.24) is 14.9 Å². The molecule has 2 N–H and O–H groups in total. The number of benzene rings is 2. The SMILES string of the molecule is C=CC(=O)Nc1cccc(Nc2nc(Cc3ccc(N4CCN(C(=C)C)CC4)cc3OC)ncc2C(F)(F)F)c1. The molecule has 0 radical (unpaired) electrons. The van der Waals surface area contributed by atoms with Gasteiger partial charge in [-0.3, -0.25) is 4.79 Å². The lowest BCUT2D eigenvalue weighted by Crippen LogP contribution is -2.45. The molecule has 0 atom stereocenters. The molecule has 0 unspecified atom stereocenters. The van der Waals surface area contributed by atoms with Crippen LogP contribution >= 0.6 is 0 Å². The average Bonchev–Trinajstić information content (AvgIpc) is 2.93. The van der Waals surface area contributed by atoms with E-state index < -0.39 is 23.5 Å². The Kier molecular flexibility index (Phi) is 8.61. The van der Waals surface area contributed by atoms with E-state index in [0.717, 1.165) is 55.4 Å². The van der Waals surface area contributed by atoms with Crippen LogP contribution in [0.2, 0.25) is 0 Å². The predicted octanol–water partition coefficient (Wildman–Crippen LogP) is 5.62. The standard InChI is InChI=1S/C29H31F3N6O2/c1-5-27(39)34-21-7-6-8-22(16-21)35-28-24(29(30,31)32)18-33-26(36-28)15-20-9-10-23(17-25(20)40-4)38-13-11-37(12-14-38)19(2)3/h5-10,16-18H,1-2,11-15H2,3-4H3,(H,34,39)(H,33,35,36). The van der Waals surface area contributed by atoms with Gasteiger partial charge < -0.3 is 25.2 Å². The van der Waals surface area contributed by atoms with E-state index in [2.05, 4.69) is 43.6 Å². The summed E-state index contributed by atoms with van der Waals surface area (Å²) >= 11 is 0. The molecule has 11 heteroatoms. The minimum atomic E-state index is -4.68. The average molecular weight is 553 g/mol. The number of allylic oxidation sites excluding steroid dienone is 1. The summed E-state index contributed by atoms with van der Waals surface area (Å²) in [5.41, 5.74) is 2.49. The van der Waals surface area contributed by atoms with Crippen LogP contribution in [0.4, 0.5) is 36.1 Å². The van der Waals surface area contributed by atoms with Crippen LogP contribution in [0.5, 0.6) is 5.75 Å². The highest BCUT2D eigenvalue weighted by atomic mass is 19.4. The van der Waals surface area contributed by atoms with E-state index in [9.17, 15) is 18.0 Å². The zero-order valence-corrected chi connectivity index (χ0v) is 22.4. The van der Waals surface area contributed by atoms with Gasteiger partial charge in [0.15, 0.2) is 0 Å². The Hall–Kier alpha value is -4.54. The molecule has 2 heterocycles. The normalized spacial score (nSPS) is 13.5. The topological polar surface area (TPSA) is 82.6 Å². The van der Waals surface area contributed by atoms with E-state index in [1.54, 1.807) is 25.3 Å². The molecule has 0 spiro atoms. The van der Waals surface area contributed by atoms with Crippen molar-refractivity contribution >= 4 is 28.8 Å². The summed E-state index contributed by atoms with van der Waals surface area (Å²) in [5, 5.41) is 5.31. The molecule has 1 saturated heterocycles. The van der Waals surface area contributed by atoms with Crippen LogP contribution in [0.25, 0.3) is 0 Å². The molecular weight excluding hydrogens is 521 g/mol. The molecule has 0 aliphatic carbocycles. The van der Waals surface area contributed by atoms with Crippen LogP contribution in [0.15, 0.2) is 73.6 Å². The van der Waals surface area contributed by atoms with Crippen LogP contribution in [0.3, 0.4) is 0 Å². The number of hydrogen-bond acceptors (Lipinski definition) is 7. The number of alkyl halides is 3. The zero-order valence-electron chi connectivity index (χ0n) is 22.4. The Morgan fingerprint density at radius 3 is 2.50 bits per heavy atom. The second-order valence-electron chi connectivity index (χ2n) is 9.33. The van der Waals surface area contributed by atoms with Gasteiger partial charge in [-0.05, 0) is 37.3 Å². The van der Waals surface area contributed by atoms with Crippen LogP contribution in [-0.4, -0.2) is 54.1 Å². The predicted molar refractivity (Wildman–Crippen MR) is 150 cm³/mol. The fraction of sp³-hybridized carbons (Fsp3) is 0.276. The molecule has 1 aliphatic heterocycles. The summed E-state index contributed by atoms with van der Waals surface area (Å²) in [6, 6.07) is 12.1. The van der Waals surface area contributed by atoms with Crippen molar-refractivity contribution in [3.8, 4) is 5.75 Å². The van der Waals surface area contributed by atoms with Crippen LogP contribution in [0.1, 0.15) is 23.9 Å². The van der Waals surface area contributed by atoms with Gasteiger partial charge in [0.05, 0.1) is 7.11 Å². The number of nitrogens with one attached hydrogen (secondary N) is 2. The first-order chi connectivity index (χ1) is 19.1. The second-order valence-corrected chi connectivity index (χ2v) is 9.33. The Bertz CT molecular complexity index is 1400. The number of anilines is 4. The minimum absolute atomic E-state index is 0.162. The lowest BCUT2D eigenvalue weighted by molar-refractivity contribution is -0.137. The third-order valence-electron chi connectivity index (χ3n) is 6.53. The first-order valence-corrected chi connectivity index (χ1v) is 12.6. The van der Waals surface area contributed by atoms with Crippen LogP contribution < -0.4 is 20.3 Å². The van der Waals surface area contributed by atoms with E-state index in [1.165, 1.54) is 6.07 Å². The molecule has 1 fully saturated rings. The van der Waals surface area contributed by atoms with Crippen LogP contribution in [-0.2, 0) is 17.4 Å². The van der Waals surface area contributed by atoms with Crippen molar-refractivity contribution in [2.75, 3.05) is 48.8 Å². The molecular formula is C29H31F3N6O2. The van der Waals surface area contributed by atoms with Gasteiger partial charge >= 0.3 is 6.18 Å². The summed E-state index contributed by atoms with van der Waals surface area (Å²) in [7, 11) is 1.56. The van der Waals surface area contributed by atoms with Gasteiger partial charge in [0.2, 0.25) is 5.91 Å². The molecule has 210 valence electrons. The third-order valence-corrected chi connectivity index (χ3v) is 6.53. The van der Waals surface area contributed by atoms with E-state index in [0.29, 0.717) is 17.1 Å². The summed E-state index contributed by atoms with van der Waals surface area (Å²) < 4.78 is 47.0. The van der Waals surface area contributed by atoms with E-state index in [4.69, 9.17) is 4.74 Å². The monoisotopic (exact) mass is 552 g/mol. The number of carbonyl (C=O) groups is 1. The van der Waals surface area contributed by atoms with Crippen molar-refractivity contribution in [2.24, 2.45) is 0 Å². The van der Waals surface area contributed by atoms with Gasteiger partial charge in [-0.15, -0.1) is 0 Å². The lowest BCUT2D eigenvalue weighted by Gasteiger charge is -2.37. The summed E-state index contributed by atoms with van der Waals surface area (Å²) in [6.45, 7) is 12.8. The number of aromatic nitrogens is 2. The number of carbonyl (C=O) groups excluding carboxylic acids is 1. The number of nitrogens with zero attached hydrogens (tertiary/aromatic N) is 4. The molecule has 1 aliphatic rings. The van der Waals surface area contributed by atoms with Crippen LogP contribution in [0, 0.1) is 0 Å². The van der Waals surface area contributed by atoms with E-state index in [1.807, 2.05) is 25.1 Å². The largest absolute Gasteiger partial charge is 0.496 e. The second kappa shape index (κ2) is 12.1. The van der Waals surface area contributed by atoms with E-state index >= 15 is 0 Å². The number of rotatable bonds is 9.